The van der Waals surface area contributed by atoms with Crippen LogP contribution in [0.15, 0.2) is 40.9 Å². The average molecular weight is 632 g/mol. The third-order valence-corrected chi connectivity index (χ3v) is 8.71. The molecule has 0 spiro atoms. The summed E-state index contributed by atoms with van der Waals surface area (Å²) in [6.07, 6.45) is 1.70. The van der Waals surface area contributed by atoms with E-state index in [0.717, 1.165) is 24.9 Å². The second kappa shape index (κ2) is 12.5. The second-order valence-corrected chi connectivity index (χ2v) is 11.2. The van der Waals surface area contributed by atoms with Gasteiger partial charge in [-0.2, -0.15) is 15.2 Å². The second-order valence-electron chi connectivity index (χ2n) is 10.00. The van der Waals surface area contributed by atoms with Gasteiger partial charge in [-0.1, -0.05) is 41.9 Å². The topological polar surface area (TPSA) is 94.8 Å². The smallest absolute Gasteiger partial charge is 0.410 e. The predicted octanol–water partition coefficient (Wildman–Crippen LogP) is 5.40. The molecule has 2 atom stereocenters. The van der Waals surface area contributed by atoms with Crippen molar-refractivity contribution >= 4 is 50.3 Å². The fourth-order valence-electron chi connectivity index (χ4n) is 5.17. The number of nitriles is 1. The van der Waals surface area contributed by atoms with Gasteiger partial charge in [-0.3, -0.25) is 0 Å². The molecule has 3 heterocycles. The lowest BCUT2D eigenvalue weighted by Gasteiger charge is -2.40. The molecule has 0 aliphatic carbocycles. The van der Waals surface area contributed by atoms with Crippen molar-refractivity contribution in [1.82, 2.24) is 19.8 Å². The molecule has 3 aromatic rings. The van der Waals surface area contributed by atoms with Crippen molar-refractivity contribution in [3.8, 4) is 12.1 Å². The van der Waals surface area contributed by atoms with Gasteiger partial charge in [-0.05, 0) is 54.0 Å². The van der Waals surface area contributed by atoms with Gasteiger partial charge in [0.25, 0.3) is 0 Å². The van der Waals surface area contributed by atoms with Gasteiger partial charge in [-0.15, -0.1) is 0 Å². The first-order valence-corrected chi connectivity index (χ1v) is 14.3. The Morgan fingerprint density at radius 2 is 2.02 bits per heavy atom. The van der Waals surface area contributed by atoms with Crippen LogP contribution in [-0.2, 0) is 11.3 Å². The number of halogens is 3. The lowest BCUT2D eigenvalue weighted by molar-refractivity contribution is 0.0768. The molecule has 2 saturated heterocycles. The Balaban J connectivity index is 1.40. The Morgan fingerprint density at radius 3 is 2.75 bits per heavy atom. The van der Waals surface area contributed by atoms with E-state index in [1.54, 1.807) is 11.0 Å². The number of amides is 1. The first kappa shape index (κ1) is 28.3. The van der Waals surface area contributed by atoms with Crippen molar-refractivity contribution in [2.24, 2.45) is 0 Å². The number of aromatic nitrogens is 2. The minimum absolute atomic E-state index is 0.0671. The van der Waals surface area contributed by atoms with Gasteiger partial charge in [0.05, 0.1) is 28.0 Å². The summed E-state index contributed by atoms with van der Waals surface area (Å²) in [5.74, 6) is -0.168. The Labute approximate surface area is 245 Å². The number of likely N-dealkylation sites (N-methyl/N-ethyl adjacent to an activating group) is 1. The molecule has 210 valence electrons. The maximum Gasteiger partial charge on any atom is 0.410 e. The monoisotopic (exact) mass is 630 g/mol. The Kier molecular flexibility index (Phi) is 8.88. The number of carbonyl (C=O) groups is 1. The predicted molar refractivity (Wildman–Crippen MR) is 153 cm³/mol. The first-order chi connectivity index (χ1) is 19.4. The third kappa shape index (κ3) is 6.09. The van der Waals surface area contributed by atoms with E-state index >= 15 is 4.39 Å². The molecule has 40 heavy (non-hydrogen) atoms. The number of carbonyl (C=O) groups excluding carboxylic acids is 1. The number of likely N-dealkylation sites (tertiary alicyclic amines) is 1. The molecule has 0 unspecified atom stereocenters. The summed E-state index contributed by atoms with van der Waals surface area (Å²) in [4.78, 5) is 27.8. The molecular weight excluding hydrogens is 603 g/mol. The Morgan fingerprint density at radius 1 is 1.23 bits per heavy atom. The van der Waals surface area contributed by atoms with Crippen LogP contribution < -0.4 is 9.64 Å². The zero-order valence-electron chi connectivity index (χ0n) is 22.0. The molecule has 2 aliphatic heterocycles. The van der Waals surface area contributed by atoms with Crippen LogP contribution in [0.25, 0.3) is 10.9 Å². The highest BCUT2D eigenvalue weighted by Gasteiger charge is 2.34. The van der Waals surface area contributed by atoms with Gasteiger partial charge in [0.1, 0.15) is 24.5 Å². The number of piperazine rings is 1. The summed E-state index contributed by atoms with van der Waals surface area (Å²) in [5.41, 5.74) is 0.956. The van der Waals surface area contributed by atoms with E-state index in [1.807, 2.05) is 42.3 Å². The van der Waals surface area contributed by atoms with Crippen molar-refractivity contribution < 1.29 is 18.7 Å². The van der Waals surface area contributed by atoms with E-state index in [9.17, 15) is 10.1 Å². The normalized spacial score (nSPS) is 19.6. The van der Waals surface area contributed by atoms with Crippen LogP contribution in [0.1, 0.15) is 24.8 Å². The molecule has 0 saturated carbocycles. The van der Waals surface area contributed by atoms with Gasteiger partial charge in [0, 0.05) is 31.1 Å². The molecule has 0 radical (unpaired) electrons. The number of ether oxygens (including phenoxy) is 2. The zero-order chi connectivity index (χ0) is 28.2. The molecule has 0 N–H and O–H groups in total. The fourth-order valence-corrected chi connectivity index (χ4v) is 5.67. The third-order valence-electron chi connectivity index (χ3n) is 7.41. The molecule has 2 fully saturated rings. The van der Waals surface area contributed by atoms with Crippen LogP contribution in [0.5, 0.6) is 6.01 Å². The molecule has 2 aliphatic rings. The lowest BCUT2D eigenvalue weighted by Crippen LogP contribution is -2.55. The van der Waals surface area contributed by atoms with Crippen molar-refractivity contribution in [3.63, 3.8) is 0 Å². The van der Waals surface area contributed by atoms with Crippen molar-refractivity contribution in [3.05, 3.63) is 57.3 Å². The van der Waals surface area contributed by atoms with Crippen molar-refractivity contribution in [1.29, 1.82) is 5.26 Å². The fraction of sp³-hybridized carbons (Fsp3) is 0.429. The molecule has 0 bridgehead atoms. The molecule has 1 amide bonds. The van der Waals surface area contributed by atoms with Gasteiger partial charge in [0.2, 0.25) is 0 Å². The largest absolute Gasteiger partial charge is 0.462 e. The Hall–Kier alpha value is -3.20. The maximum atomic E-state index is 15.4. The quantitative estimate of drug-likeness (QED) is 0.320. The van der Waals surface area contributed by atoms with Crippen LogP contribution >= 0.6 is 27.5 Å². The summed E-state index contributed by atoms with van der Waals surface area (Å²) in [5, 5.41) is 10.1. The van der Waals surface area contributed by atoms with Gasteiger partial charge >= 0.3 is 12.1 Å². The van der Waals surface area contributed by atoms with Crippen LogP contribution in [0.3, 0.4) is 0 Å². The average Bonchev–Trinajstić information content (AvgIpc) is 3.38. The molecule has 12 heteroatoms. The number of nitrogens with zero attached hydrogens (tertiary/aromatic N) is 6. The highest BCUT2D eigenvalue weighted by molar-refractivity contribution is 9.10. The minimum Gasteiger partial charge on any atom is -0.462 e. The van der Waals surface area contributed by atoms with Crippen LogP contribution in [0.2, 0.25) is 5.02 Å². The van der Waals surface area contributed by atoms with Crippen LogP contribution in [0.4, 0.5) is 15.0 Å². The summed E-state index contributed by atoms with van der Waals surface area (Å²) in [7, 11) is 2.05. The van der Waals surface area contributed by atoms with E-state index in [4.69, 9.17) is 21.1 Å². The molecule has 5 rings (SSSR count). The van der Waals surface area contributed by atoms with Gasteiger partial charge in [-0.25, -0.2) is 9.18 Å². The first-order valence-electron chi connectivity index (χ1n) is 13.1. The van der Waals surface area contributed by atoms with Crippen LogP contribution in [-0.4, -0.2) is 77.8 Å². The number of fused-ring (bicyclic) bond motifs is 1. The van der Waals surface area contributed by atoms with Gasteiger partial charge < -0.3 is 24.2 Å². The van der Waals surface area contributed by atoms with Crippen LogP contribution in [0, 0.1) is 17.1 Å². The summed E-state index contributed by atoms with van der Waals surface area (Å²) in [6, 6.07) is 13.0. The number of hydrogen-bond donors (Lipinski definition) is 0. The number of hydrogen-bond acceptors (Lipinski definition) is 8. The summed E-state index contributed by atoms with van der Waals surface area (Å²) >= 11 is 9.53. The number of benzene rings is 2. The maximum absolute atomic E-state index is 15.4. The minimum atomic E-state index is -0.606. The molecule has 9 nitrogen and oxygen atoms in total. The Bertz CT molecular complexity index is 1420. The number of anilines is 1. The molecule has 1 aromatic heterocycles. The summed E-state index contributed by atoms with van der Waals surface area (Å²) < 4.78 is 27.0. The molecular formula is C28H29BrClFN6O3. The lowest BCUT2D eigenvalue weighted by atomic mass is 10.1. The van der Waals surface area contributed by atoms with Crippen molar-refractivity contribution in [2.45, 2.75) is 38.0 Å². The van der Waals surface area contributed by atoms with E-state index in [0.29, 0.717) is 37.4 Å². The van der Waals surface area contributed by atoms with E-state index < -0.39 is 18.0 Å². The highest BCUT2D eigenvalue weighted by Crippen LogP contribution is 2.37. The zero-order valence-corrected chi connectivity index (χ0v) is 24.4. The molecule has 2 aromatic carbocycles. The number of rotatable bonds is 7. The summed E-state index contributed by atoms with van der Waals surface area (Å²) in [6.45, 7) is 2.49. The van der Waals surface area contributed by atoms with Crippen molar-refractivity contribution in [2.75, 3.05) is 44.7 Å². The van der Waals surface area contributed by atoms with E-state index in [2.05, 4.69) is 36.9 Å². The van der Waals surface area contributed by atoms with E-state index in [-0.39, 0.29) is 40.1 Å². The SMILES string of the molecule is CN1CCC[C@H]1COc1nc(N2CCN(C(=O)OCc3ccccc3)[C@H](CC#N)C2)c2cc(Cl)c(Br)c(F)c2n1. The van der Waals surface area contributed by atoms with E-state index in [1.165, 1.54) is 0 Å². The highest BCUT2D eigenvalue weighted by atomic mass is 79.9. The standard InChI is InChI=1S/C28H29BrClFN6O3/c1-35-11-5-8-20(35)17-39-27-33-25-21(14-22(30)23(29)24(25)31)26(34-27)36-12-13-37(19(15-36)9-10-32)28(38)40-16-18-6-3-2-4-7-18/h2-4,6-7,14,19-20H,5,8-9,11-13,15-17H2,1H3/t19-,20+/m1/s1. The van der Waals surface area contributed by atoms with Gasteiger partial charge in [0.15, 0.2) is 5.82 Å².